The van der Waals surface area contributed by atoms with Crippen molar-refractivity contribution >= 4 is 23.3 Å². The van der Waals surface area contributed by atoms with Gasteiger partial charge >= 0.3 is 5.97 Å². The average molecular weight is 416 g/mol. The lowest BCUT2D eigenvalue weighted by molar-refractivity contribution is -0.384. The number of hydrogen-bond acceptors (Lipinski definition) is 7. The second kappa shape index (κ2) is 10.4. The van der Waals surface area contributed by atoms with E-state index < -0.39 is 22.9 Å². The van der Waals surface area contributed by atoms with Gasteiger partial charge in [-0.2, -0.15) is 0 Å². The van der Waals surface area contributed by atoms with E-state index in [1.165, 1.54) is 32.2 Å². The van der Waals surface area contributed by atoms with E-state index in [4.69, 9.17) is 14.2 Å². The van der Waals surface area contributed by atoms with Crippen LogP contribution in [-0.2, 0) is 20.9 Å². The number of nitro groups is 1. The summed E-state index contributed by atoms with van der Waals surface area (Å²) in [7, 11) is 1.38. The Morgan fingerprint density at radius 1 is 1.10 bits per heavy atom. The lowest BCUT2D eigenvalue weighted by Gasteiger charge is -2.14. The Balaban J connectivity index is 2.00. The number of carbonyl (C=O) groups is 2. The van der Waals surface area contributed by atoms with Gasteiger partial charge in [-0.25, -0.2) is 4.79 Å². The molecule has 0 aromatic heterocycles. The molecule has 0 unspecified atom stereocenters. The Kier molecular flexibility index (Phi) is 7.88. The molecule has 0 saturated heterocycles. The average Bonchev–Trinajstić information content (AvgIpc) is 2.72. The van der Waals surface area contributed by atoms with Crippen molar-refractivity contribution in [3.05, 3.63) is 63.7 Å². The van der Waals surface area contributed by atoms with Crippen molar-refractivity contribution in [2.24, 2.45) is 0 Å². The van der Waals surface area contributed by atoms with Crippen molar-refractivity contribution in [2.45, 2.75) is 39.6 Å². The minimum absolute atomic E-state index is 0.0248. The smallest absolute Gasteiger partial charge is 0.338 e. The zero-order valence-electron chi connectivity index (χ0n) is 17.2. The highest BCUT2D eigenvalue weighted by atomic mass is 16.6. The van der Waals surface area contributed by atoms with Crippen LogP contribution in [0.2, 0.25) is 0 Å². The molecular formula is C21H24N2O7. The number of benzene rings is 2. The van der Waals surface area contributed by atoms with Gasteiger partial charge in [0.2, 0.25) is 0 Å². The number of ether oxygens (including phenoxy) is 3. The molecule has 0 heterocycles. The number of methoxy groups -OCH3 is 1. The zero-order valence-corrected chi connectivity index (χ0v) is 17.2. The largest absolute Gasteiger partial charge is 0.496 e. The molecule has 0 aliphatic carbocycles. The summed E-state index contributed by atoms with van der Waals surface area (Å²) in [5, 5.41) is 13.6. The van der Waals surface area contributed by atoms with Crippen molar-refractivity contribution < 1.29 is 28.7 Å². The Morgan fingerprint density at radius 2 is 1.77 bits per heavy atom. The van der Waals surface area contributed by atoms with Crippen LogP contribution >= 0.6 is 0 Å². The van der Waals surface area contributed by atoms with Crippen LogP contribution in [-0.4, -0.2) is 36.1 Å². The summed E-state index contributed by atoms with van der Waals surface area (Å²) in [5.41, 5.74) is 0.819. The van der Waals surface area contributed by atoms with Gasteiger partial charge in [0.1, 0.15) is 11.4 Å². The van der Waals surface area contributed by atoms with Crippen LogP contribution in [0.25, 0.3) is 0 Å². The first-order valence-electron chi connectivity index (χ1n) is 9.26. The van der Waals surface area contributed by atoms with Gasteiger partial charge in [-0.05, 0) is 50.6 Å². The molecule has 2 aromatic rings. The van der Waals surface area contributed by atoms with Crippen molar-refractivity contribution in [3.63, 3.8) is 0 Å². The molecule has 0 aliphatic heterocycles. The van der Waals surface area contributed by atoms with Gasteiger partial charge in [0.25, 0.3) is 11.6 Å². The van der Waals surface area contributed by atoms with Crippen LogP contribution in [0.4, 0.5) is 11.4 Å². The monoisotopic (exact) mass is 416 g/mol. The molecular weight excluding hydrogens is 392 g/mol. The van der Waals surface area contributed by atoms with Gasteiger partial charge in [-0.15, -0.1) is 0 Å². The third-order valence-electron chi connectivity index (χ3n) is 4.09. The number of anilines is 1. The lowest BCUT2D eigenvalue weighted by Crippen LogP contribution is -2.30. The third kappa shape index (κ3) is 6.28. The maximum atomic E-state index is 12.4. The third-order valence-corrected chi connectivity index (χ3v) is 4.09. The van der Waals surface area contributed by atoms with Gasteiger partial charge in [-0.1, -0.05) is 12.1 Å². The molecule has 160 valence electrons. The van der Waals surface area contributed by atoms with E-state index in [-0.39, 0.29) is 28.8 Å². The standard InChI is InChI=1S/C21H24N2O7/c1-13(2)29-12-15-5-7-16(8-6-15)21(25)30-14(3)20(24)22-18-10-9-17(28-4)11-19(18)23(26)27/h5-11,13-14H,12H2,1-4H3,(H,22,24)/t14-/m1/s1. The van der Waals surface area contributed by atoms with E-state index >= 15 is 0 Å². The number of nitro benzene ring substituents is 1. The summed E-state index contributed by atoms with van der Waals surface area (Å²) in [5.74, 6) is -1.10. The minimum Gasteiger partial charge on any atom is -0.496 e. The second-order valence-electron chi connectivity index (χ2n) is 6.73. The first-order chi connectivity index (χ1) is 14.2. The van der Waals surface area contributed by atoms with Crippen LogP contribution < -0.4 is 10.1 Å². The van der Waals surface area contributed by atoms with Gasteiger partial charge in [0, 0.05) is 0 Å². The van der Waals surface area contributed by atoms with E-state index in [0.29, 0.717) is 6.61 Å². The molecule has 1 N–H and O–H groups in total. The first-order valence-corrected chi connectivity index (χ1v) is 9.26. The molecule has 9 nitrogen and oxygen atoms in total. The second-order valence-corrected chi connectivity index (χ2v) is 6.73. The van der Waals surface area contributed by atoms with Crippen LogP contribution in [0.1, 0.15) is 36.7 Å². The molecule has 0 fully saturated rings. The zero-order chi connectivity index (χ0) is 22.3. The fraction of sp³-hybridized carbons (Fsp3) is 0.333. The highest BCUT2D eigenvalue weighted by Crippen LogP contribution is 2.29. The Bertz CT molecular complexity index is 910. The fourth-order valence-electron chi connectivity index (χ4n) is 2.41. The topological polar surface area (TPSA) is 117 Å². The predicted molar refractivity (Wildman–Crippen MR) is 110 cm³/mol. The molecule has 0 radical (unpaired) electrons. The quantitative estimate of drug-likeness (QED) is 0.376. The number of esters is 1. The van der Waals surface area contributed by atoms with E-state index in [1.807, 2.05) is 13.8 Å². The summed E-state index contributed by atoms with van der Waals surface area (Å²) >= 11 is 0. The van der Waals surface area contributed by atoms with Crippen LogP contribution in [0.15, 0.2) is 42.5 Å². The van der Waals surface area contributed by atoms with Crippen molar-refractivity contribution in [1.82, 2.24) is 0 Å². The normalized spacial score (nSPS) is 11.6. The van der Waals surface area contributed by atoms with Crippen LogP contribution in [0, 0.1) is 10.1 Å². The number of nitrogens with one attached hydrogen (secondary N) is 1. The van der Waals surface area contributed by atoms with Crippen molar-refractivity contribution in [1.29, 1.82) is 0 Å². The highest BCUT2D eigenvalue weighted by Gasteiger charge is 2.23. The van der Waals surface area contributed by atoms with E-state index in [9.17, 15) is 19.7 Å². The molecule has 30 heavy (non-hydrogen) atoms. The predicted octanol–water partition coefficient (Wildman–Crippen LogP) is 3.71. The van der Waals surface area contributed by atoms with Crippen molar-refractivity contribution in [3.8, 4) is 5.75 Å². The lowest BCUT2D eigenvalue weighted by atomic mass is 10.1. The molecule has 1 atom stereocenters. The molecule has 2 aromatic carbocycles. The van der Waals surface area contributed by atoms with Gasteiger partial charge in [0.15, 0.2) is 6.10 Å². The highest BCUT2D eigenvalue weighted by molar-refractivity contribution is 5.98. The molecule has 0 spiro atoms. The van der Waals surface area contributed by atoms with E-state index in [2.05, 4.69) is 5.32 Å². The Hall–Kier alpha value is -3.46. The maximum absolute atomic E-state index is 12.4. The fourth-order valence-corrected chi connectivity index (χ4v) is 2.41. The van der Waals surface area contributed by atoms with Gasteiger partial charge in [-0.3, -0.25) is 14.9 Å². The number of rotatable bonds is 9. The molecule has 0 bridgehead atoms. The van der Waals surface area contributed by atoms with E-state index in [0.717, 1.165) is 5.56 Å². The summed E-state index contributed by atoms with van der Waals surface area (Å²) in [6, 6.07) is 10.7. The first kappa shape index (κ1) is 22.8. The molecule has 0 aliphatic rings. The van der Waals surface area contributed by atoms with Gasteiger partial charge < -0.3 is 19.5 Å². The molecule has 9 heteroatoms. The van der Waals surface area contributed by atoms with Crippen molar-refractivity contribution in [2.75, 3.05) is 12.4 Å². The number of carbonyl (C=O) groups excluding carboxylic acids is 2. The van der Waals surface area contributed by atoms with Gasteiger partial charge in [0.05, 0.1) is 36.4 Å². The summed E-state index contributed by atoms with van der Waals surface area (Å²) < 4.78 is 15.6. The molecule has 1 amide bonds. The number of nitrogens with zero attached hydrogens (tertiary/aromatic N) is 1. The SMILES string of the molecule is COc1ccc(NC(=O)[C@@H](C)OC(=O)c2ccc(COC(C)C)cc2)c([N+](=O)[O-])c1. The van der Waals surface area contributed by atoms with Crippen LogP contribution in [0.5, 0.6) is 5.75 Å². The Labute approximate surface area is 174 Å². The summed E-state index contributed by atoms with van der Waals surface area (Å²) in [4.78, 5) is 35.2. The molecule has 0 saturated carbocycles. The maximum Gasteiger partial charge on any atom is 0.338 e. The molecule has 2 rings (SSSR count). The summed E-state index contributed by atoms with van der Waals surface area (Å²) in [6.45, 7) is 5.66. The Morgan fingerprint density at radius 3 is 2.33 bits per heavy atom. The minimum atomic E-state index is -1.16. The van der Waals surface area contributed by atoms with Crippen LogP contribution in [0.3, 0.4) is 0 Å². The number of amides is 1. The summed E-state index contributed by atoms with van der Waals surface area (Å²) in [6.07, 6.45) is -1.07. The number of hydrogen-bond donors (Lipinski definition) is 1. The van der Waals surface area contributed by atoms with E-state index in [1.54, 1.807) is 24.3 Å².